The number of halogens is 1. The number of rotatable bonds is 3. The summed E-state index contributed by atoms with van der Waals surface area (Å²) >= 11 is 0. The molecule has 2 aromatic carbocycles. The lowest BCUT2D eigenvalue weighted by Crippen LogP contribution is -2.39. The standard InChI is InChI=1S/C17H18FN2O/c18-13-2-1-3-15(12-13)19-14-8-10-20(11-9-14)16-4-6-17(21)7-5-16/h1-7,12,14,19H,8-11H2. The van der Waals surface area contributed by atoms with Crippen LogP contribution in [-0.2, 0) is 5.11 Å². The van der Waals surface area contributed by atoms with Crippen molar-refractivity contribution in [2.75, 3.05) is 23.3 Å². The van der Waals surface area contributed by atoms with E-state index in [-0.39, 0.29) is 11.6 Å². The fourth-order valence-electron chi connectivity index (χ4n) is 2.75. The van der Waals surface area contributed by atoms with E-state index in [9.17, 15) is 9.50 Å². The van der Waals surface area contributed by atoms with Gasteiger partial charge in [0, 0.05) is 30.5 Å². The number of hydrogen-bond donors (Lipinski definition) is 1. The zero-order valence-electron chi connectivity index (χ0n) is 11.8. The van der Waals surface area contributed by atoms with Gasteiger partial charge in [-0.15, -0.1) is 0 Å². The molecule has 1 saturated heterocycles. The molecule has 1 aliphatic heterocycles. The van der Waals surface area contributed by atoms with E-state index in [1.165, 1.54) is 12.1 Å². The molecule has 0 aromatic heterocycles. The SMILES string of the molecule is [O]c1ccc(N2CCC(Nc3cccc(F)c3)CC2)cc1. The minimum atomic E-state index is -0.213. The van der Waals surface area contributed by atoms with E-state index >= 15 is 0 Å². The van der Waals surface area contributed by atoms with Crippen molar-refractivity contribution in [3.05, 3.63) is 54.3 Å². The lowest BCUT2D eigenvalue weighted by molar-refractivity contribution is 0.355. The summed E-state index contributed by atoms with van der Waals surface area (Å²) in [7, 11) is 0. The van der Waals surface area contributed by atoms with Crippen LogP contribution in [0.4, 0.5) is 15.8 Å². The second kappa shape index (κ2) is 6.04. The summed E-state index contributed by atoms with van der Waals surface area (Å²) < 4.78 is 13.2. The number of nitrogens with one attached hydrogen (secondary N) is 1. The fraction of sp³-hybridized carbons (Fsp3) is 0.294. The number of nitrogens with zero attached hydrogens (tertiary/aromatic N) is 1. The van der Waals surface area contributed by atoms with Crippen molar-refractivity contribution in [3.63, 3.8) is 0 Å². The molecular formula is C17H18FN2O. The van der Waals surface area contributed by atoms with Gasteiger partial charge in [-0.2, -0.15) is 0 Å². The lowest BCUT2D eigenvalue weighted by atomic mass is 10.0. The van der Waals surface area contributed by atoms with Crippen LogP contribution in [0.2, 0.25) is 0 Å². The van der Waals surface area contributed by atoms with Gasteiger partial charge in [-0.05, 0) is 55.3 Å². The van der Waals surface area contributed by atoms with Crippen molar-refractivity contribution < 1.29 is 9.50 Å². The van der Waals surface area contributed by atoms with Crippen LogP contribution in [0.15, 0.2) is 48.5 Å². The van der Waals surface area contributed by atoms with Gasteiger partial charge in [0.2, 0.25) is 0 Å². The smallest absolute Gasteiger partial charge is 0.178 e. The van der Waals surface area contributed by atoms with Gasteiger partial charge in [0.05, 0.1) is 0 Å². The van der Waals surface area contributed by atoms with Gasteiger partial charge in [-0.1, -0.05) is 6.07 Å². The molecule has 0 aliphatic carbocycles. The second-order valence-corrected chi connectivity index (χ2v) is 5.41. The molecule has 1 radical (unpaired) electrons. The second-order valence-electron chi connectivity index (χ2n) is 5.41. The van der Waals surface area contributed by atoms with Crippen LogP contribution in [-0.4, -0.2) is 19.1 Å². The molecular weight excluding hydrogens is 267 g/mol. The average molecular weight is 285 g/mol. The Morgan fingerprint density at radius 1 is 1.05 bits per heavy atom. The third-order valence-corrected chi connectivity index (χ3v) is 3.89. The monoisotopic (exact) mass is 285 g/mol. The van der Waals surface area contributed by atoms with Gasteiger partial charge in [-0.25, -0.2) is 4.39 Å². The molecule has 1 heterocycles. The molecule has 3 rings (SSSR count). The summed E-state index contributed by atoms with van der Waals surface area (Å²) in [4.78, 5) is 2.28. The van der Waals surface area contributed by atoms with Crippen molar-refractivity contribution in [2.24, 2.45) is 0 Å². The lowest BCUT2D eigenvalue weighted by Gasteiger charge is -2.34. The molecule has 21 heavy (non-hydrogen) atoms. The summed E-state index contributed by atoms with van der Waals surface area (Å²) in [5, 5.41) is 14.5. The van der Waals surface area contributed by atoms with E-state index in [0.29, 0.717) is 6.04 Å². The Kier molecular flexibility index (Phi) is 3.95. The molecule has 1 N–H and O–H groups in total. The Hall–Kier alpha value is -2.23. The Morgan fingerprint density at radius 2 is 1.76 bits per heavy atom. The van der Waals surface area contributed by atoms with Crippen LogP contribution in [0.3, 0.4) is 0 Å². The summed E-state index contributed by atoms with van der Waals surface area (Å²) in [5.41, 5.74) is 1.93. The molecule has 0 atom stereocenters. The average Bonchev–Trinajstić information content (AvgIpc) is 2.49. The molecule has 0 unspecified atom stereocenters. The van der Waals surface area contributed by atoms with Gasteiger partial charge >= 0.3 is 0 Å². The van der Waals surface area contributed by atoms with Gasteiger partial charge in [0.15, 0.2) is 5.75 Å². The minimum Gasteiger partial charge on any atom is -0.382 e. The van der Waals surface area contributed by atoms with Gasteiger partial charge in [-0.3, -0.25) is 5.11 Å². The van der Waals surface area contributed by atoms with Crippen molar-refractivity contribution in [1.82, 2.24) is 0 Å². The molecule has 109 valence electrons. The molecule has 0 amide bonds. The fourth-order valence-corrected chi connectivity index (χ4v) is 2.75. The van der Waals surface area contributed by atoms with E-state index in [0.717, 1.165) is 37.3 Å². The van der Waals surface area contributed by atoms with E-state index in [4.69, 9.17) is 0 Å². The highest BCUT2D eigenvalue weighted by Gasteiger charge is 2.19. The first kappa shape index (κ1) is 13.7. The summed E-state index contributed by atoms with van der Waals surface area (Å²) in [5.74, 6) is -0.170. The maximum absolute atomic E-state index is 13.2. The zero-order chi connectivity index (χ0) is 14.7. The maximum Gasteiger partial charge on any atom is 0.178 e. The van der Waals surface area contributed by atoms with E-state index in [1.807, 2.05) is 18.2 Å². The molecule has 0 saturated carbocycles. The highest BCUT2D eigenvalue weighted by Crippen LogP contribution is 2.24. The van der Waals surface area contributed by atoms with Crippen LogP contribution in [0.25, 0.3) is 0 Å². The third-order valence-electron chi connectivity index (χ3n) is 3.89. The van der Waals surface area contributed by atoms with Gasteiger partial charge < -0.3 is 10.2 Å². The van der Waals surface area contributed by atoms with Gasteiger partial charge in [0.1, 0.15) is 5.82 Å². The Bertz CT molecular complexity index is 592. The van der Waals surface area contributed by atoms with Crippen molar-refractivity contribution >= 4 is 11.4 Å². The normalized spacial score (nSPS) is 16.0. The van der Waals surface area contributed by atoms with Crippen molar-refractivity contribution in [3.8, 4) is 5.75 Å². The quantitative estimate of drug-likeness (QED) is 0.923. The van der Waals surface area contributed by atoms with E-state index in [1.54, 1.807) is 18.2 Å². The predicted molar refractivity (Wildman–Crippen MR) is 81.8 cm³/mol. The number of anilines is 2. The molecule has 0 spiro atoms. The van der Waals surface area contributed by atoms with Crippen LogP contribution in [0.1, 0.15) is 12.8 Å². The summed E-state index contributed by atoms with van der Waals surface area (Å²) in [6.07, 6.45) is 1.99. The molecule has 3 nitrogen and oxygen atoms in total. The zero-order valence-corrected chi connectivity index (χ0v) is 11.8. The molecule has 2 aromatic rings. The molecule has 1 fully saturated rings. The Morgan fingerprint density at radius 3 is 2.43 bits per heavy atom. The van der Waals surface area contributed by atoms with E-state index in [2.05, 4.69) is 10.2 Å². The van der Waals surface area contributed by atoms with Crippen molar-refractivity contribution in [2.45, 2.75) is 18.9 Å². The predicted octanol–water partition coefficient (Wildman–Crippen LogP) is 4.05. The largest absolute Gasteiger partial charge is 0.382 e. The van der Waals surface area contributed by atoms with Crippen LogP contribution < -0.4 is 10.2 Å². The molecule has 4 heteroatoms. The Labute approximate surface area is 124 Å². The first-order valence-electron chi connectivity index (χ1n) is 7.25. The van der Waals surface area contributed by atoms with Crippen LogP contribution >= 0.6 is 0 Å². The van der Waals surface area contributed by atoms with Crippen molar-refractivity contribution in [1.29, 1.82) is 0 Å². The maximum atomic E-state index is 13.2. The first-order chi connectivity index (χ1) is 10.2. The first-order valence-corrected chi connectivity index (χ1v) is 7.25. The third kappa shape index (κ3) is 3.45. The summed E-state index contributed by atoms with van der Waals surface area (Å²) in [6, 6.07) is 13.9. The minimum absolute atomic E-state index is 0.0430. The van der Waals surface area contributed by atoms with E-state index < -0.39 is 0 Å². The number of piperidine rings is 1. The van der Waals surface area contributed by atoms with Gasteiger partial charge in [0.25, 0.3) is 0 Å². The molecule has 1 aliphatic rings. The topological polar surface area (TPSA) is 35.2 Å². The highest BCUT2D eigenvalue weighted by atomic mass is 19.1. The van der Waals surface area contributed by atoms with Crippen LogP contribution in [0, 0.1) is 5.82 Å². The highest BCUT2D eigenvalue weighted by molar-refractivity contribution is 5.50. The summed E-state index contributed by atoms with van der Waals surface area (Å²) in [6.45, 7) is 1.87. The number of hydrogen-bond acceptors (Lipinski definition) is 2. The number of benzene rings is 2. The Balaban J connectivity index is 1.56. The van der Waals surface area contributed by atoms with Crippen LogP contribution in [0.5, 0.6) is 5.75 Å². The molecule has 0 bridgehead atoms.